The van der Waals surface area contributed by atoms with Crippen LogP contribution in [0.25, 0.3) is 10.8 Å². The number of H-pyrrole nitrogens is 1. The molecule has 0 unspecified atom stereocenters. The topological polar surface area (TPSA) is 84.1 Å². The first kappa shape index (κ1) is 15.7. The molecule has 3 rings (SSSR count). The largest absolute Gasteiger partial charge is 0.469 e. The van der Waals surface area contributed by atoms with Crippen molar-refractivity contribution in [3.63, 3.8) is 0 Å². The minimum atomic E-state index is -0.482. The van der Waals surface area contributed by atoms with E-state index in [0.29, 0.717) is 5.56 Å². The number of benzene rings is 2. The van der Waals surface area contributed by atoms with Crippen molar-refractivity contribution in [1.29, 1.82) is 0 Å². The van der Waals surface area contributed by atoms with Crippen LogP contribution in [0.2, 0.25) is 0 Å². The van der Waals surface area contributed by atoms with E-state index in [2.05, 4.69) is 15.5 Å². The summed E-state index contributed by atoms with van der Waals surface area (Å²) in [5, 5.41) is 11.4. The molecular formula is C18H17N3O3. The molecule has 0 aliphatic heterocycles. The molecule has 0 bridgehead atoms. The maximum Gasteiger partial charge on any atom is 0.307 e. The van der Waals surface area contributed by atoms with Gasteiger partial charge in [-0.2, -0.15) is 5.10 Å². The second kappa shape index (κ2) is 6.95. The number of rotatable bonds is 5. The molecule has 6 heteroatoms. The highest BCUT2D eigenvalue weighted by atomic mass is 16.5. The lowest BCUT2D eigenvalue weighted by molar-refractivity contribution is -0.141. The fraction of sp³-hybridized carbons (Fsp3) is 0.167. The maximum absolute atomic E-state index is 12.3. The Morgan fingerprint density at radius 1 is 1.21 bits per heavy atom. The monoisotopic (exact) mass is 323 g/mol. The number of ether oxygens (including phenoxy) is 1. The Morgan fingerprint density at radius 3 is 2.71 bits per heavy atom. The molecule has 1 amide bonds. The summed E-state index contributed by atoms with van der Waals surface area (Å²) < 4.78 is 4.75. The van der Waals surface area contributed by atoms with E-state index in [4.69, 9.17) is 4.74 Å². The van der Waals surface area contributed by atoms with Gasteiger partial charge in [0.25, 0.3) is 5.91 Å². The average Bonchev–Trinajstić information content (AvgIpc) is 3.15. The van der Waals surface area contributed by atoms with E-state index in [1.165, 1.54) is 19.5 Å². The van der Waals surface area contributed by atoms with E-state index >= 15 is 0 Å². The fourth-order valence-corrected chi connectivity index (χ4v) is 2.54. The van der Waals surface area contributed by atoms with Crippen LogP contribution in [0.15, 0.2) is 54.9 Å². The summed E-state index contributed by atoms with van der Waals surface area (Å²) in [6.07, 6.45) is 2.99. The number of methoxy groups -OCH3 is 1. The zero-order chi connectivity index (χ0) is 16.9. The third-order valence-electron chi connectivity index (χ3n) is 3.84. The summed E-state index contributed by atoms with van der Waals surface area (Å²) in [7, 11) is 1.33. The van der Waals surface area contributed by atoms with Crippen LogP contribution in [0.5, 0.6) is 0 Å². The minimum Gasteiger partial charge on any atom is -0.469 e. The molecule has 0 radical (unpaired) electrons. The molecule has 6 nitrogen and oxygen atoms in total. The first-order chi connectivity index (χ1) is 11.7. The molecule has 0 aliphatic rings. The third-order valence-corrected chi connectivity index (χ3v) is 3.84. The van der Waals surface area contributed by atoms with Gasteiger partial charge in [-0.05, 0) is 22.4 Å². The fourth-order valence-electron chi connectivity index (χ4n) is 2.54. The number of nitrogens with one attached hydrogen (secondary N) is 2. The highest BCUT2D eigenvalue weighted by Crippen LogP contribution is 2.23. The van der Waals surface area contributed by atoms with Gasteiger partial charge in [0.2, 0.25) is 0 Å². The number of hydrogen-bond donors (Lipinski definition) is 2. The highest BCUT2D eigenvalue weighted by molar-refractivity contribution is 5.94. The Labute approximate surface area is 138 Å². The van der Waals surface area contributed by atoms with Gasteiger partial charge in [-0.3, -0.25) is 14.7 Å². The standard InChI is InChI=1S/C18H17N3O3/c1-24-17(22)9-16(21-18(23)15-10-19-20-11-15)14-7-6-12-4-2-3-5-13(12)8-14/h2-8,10-11,16H,9H2,1H3,(H,19,20)(H,21,23)/t16-/m1/s1. The summed E-state index contributed by atoms with van der Waals surface area (Å²) in [5.41, 5.74) is 1.25. The molecule has 0 spiro atoms. The molecule has 2 aromatic carbocycles. The Bertz CT molecular complexity index is 859. The normalized spacial score (nSPS) is 11.9. The lowest BCUT2D eigenvalue weighted by Gasteiger charge is -2.18. The van der Waals surface area contributed by atoms with Gasteiger partial charge >= 0.3 is 5.97 Å². The van der Waals surface area contributed by atoms with Gasteiger partial charge in [0.05, 0.1) is 31.3 Å². The first-order valence-electron chi connectivity index (χ1n) is 7.52. The number of carbonyl (C=O) groups is 2. The Kier molecular flexibility index (Phi) is 4.56. The van der Waals surface area contributed by atoms with Crippen molar-refractivity contribution in [1.82, 2.24) is 15.5 Å². The van der Waals surface area contributed by atoms with Crippen LogP contribution in [0.1, 0.15) is 28.4 Å². The number of aromatic nitrogens is 2. The Morgan fingerprint density at radius 2 is 2.00 bits per heavy atom. The van der Waals surface area contributed by atoms with Crippen molar-refractivity contribution >= 4 is 22.6 Å². The quantitative estimate of drug-likeness (QED) is 0.707. The lowest BCUT2D eigenvalue weighted by Crippen LogP contribution is -2.30. The summed E-state index contributed by atoms with van der Waals surface area (Å²) in [4.78, 5) is 24.0. The molecule has 2 N–H and O–H groups in total. The van der Waals surface area contributed by atoms with Gasteiger partial charge in [0.15, 0.2) is 0 Å². The minimum absolute atomic E-state index is 0.0540. The molecule has 122 valence electrons. The number of hydrogen-bond acceptors (Lipinski definition) is 4. The highest BCUT2D eigenvalue weighted by Gasteiger charge is 2.20. The summed E-state index contributed by atoms with van der Waals surface area (Å²) in [6.45, 7) is 0. The van der Waals surface area contributed by atoms with Crippen molar-refractivity contribution in [2.24, 2.45) is 0 Å². The smallest absolute Gasteiger partial charge is 0.307 e. The van der Waals surface area contributed by atoms with Crippen LogP contribution in [0.3, 0.4) is 0 Å². The predicted molar refractivity (Wildman–Crippen MR) is 89.4 cm³/mol. The molecular weight excluding hydrogens is 306 g/mol. The van der Waals surface area contributed by atoms with Crippen LogP contribution in [-0.2, 0) is 9.53 Å². The van der Waals surface area contributed by atoms with Gasteiger partial charge in [-0.25, -0.2) is 0 Å². The zero-order valence-corrected chi connectivity index (χ0v) is 13.2. The van der Waals surface area contributed by atoms with E-state index in [1.807, 2.05) is 42.5 Å². The van der Waals surface area contributed by atoms with Gasteiger partial charge in [-0.15, -0.1) is 0 Å². The number of esters is 1. The third kappa shape index (κ3) is 3.43. The van der Waals surface area contributed by atoms with Crippen LogP contribution in [0.4, 0.5) is 0 Å². The first-order valence-corrected chi connectivity index (χ1v) is 7.52. The summed E-state index contributed by atoms with van der Waals surface area (Å²) in [6, 6.07) is 13.3. The SMILES string of the molecule is COC(=O)C[C@@H](NC(=O)c1cn[nH]c1)c1ccc2ccccc2c1. The van der Waals surface area contributed by atoms with Gasteiger partial charge in [0, 0.05) is 6.20 Å². The van der Waals surface area contributed by atoms with Crippen molar-refractivity contribution in [2.75, 3.05) is 7.11 Å². The maximum atomic E-state index is 12.3. The van der Waals surface area contributed by atoms with Crippen LogP contribution in [0, 0.1) is 0 Å². The molecule has 1 atom stereocenters. The molecule has 1 heterocycles. The van der Waals surface area contributed by atoms with Gasteiger partial charge in [0.1, 0.15) is 0 Å². The molecule has 3 aromatic rings. The summed E-state index contributed by atoms with van der Waals surface area (Å²) >= 11 is 0. The molecule has 0 saturated heterocycles. The van der Waals surface area contributed by atoms with Crippen molar-refractivity contribution in [3.8, 4) is 0 Å². The van der Waals surface area contributed by atoms with Crippen molar-refractivity contribution in [3.05, 3.63) is 66.0 Å². The number of nitrogens with zero attached hydrogens (tertiary/aromatic N) is 1. The number of amides is 1. The van der Waals surface area contributed by atoms with E-state index in [0.717, 1.165) is 16.3 Å². The lowest BCUT2D eigenvalue weighted by atomic mass is 9.99. The number of fused-ring (bicyclic) bond motifs is 1. The van der Waals surface area contributed by atoms with Gasteiger partial charge in [-0.1, -0.05) is 36.4 Å². The average molecular weight is 323 g/mol. The Hall–Kier alpha value is -3.15. The van der Waals surface area contributed by atoms with E-state index in [-0.39, 0.29) is 18.3 Å². The zero-order valence-electron chi connectivity index (χ0n) is 13.2. The van der Waals surface area contributed by atoms with Crippen LogP contribution >= 0.6 is 0 Å². The predicted octanol–water partition coefficient (Wildman–Crippen LogP) is 2.60. The second-order valence-corrected chi connectivity index (χ2v) is 5.40. The van der Waals surface area contributed by atoms with E-state index < -0.39 is 6.04 Å². The second-order valence-electron chi connectivity index (χ2n) is 5.40. The molecule has 0 aliphatic carbocycles. The molecule has 0 fully saturated rings. The van der Waals surface area contributed by atoms with Crippen LogP contribution in [-0.4, -0.2) is 29.2 Å². The van der Waals surface area contributed by atoms with E-state index in [9.17, 15) is 9.59 Å². The van der Waals surface area contributed by atoms with Crippen molar-refractivity contribution in [2.45, 2.75) is 12.5 Å². The van der Waals surface area contributed by atoms with Gasteiger partial charge < -0.3 is 10.1 Å². The van der Waals surface area contributed by atoms with Crippen LogP contribution < -0.4 is 5.32 Å². The number of aromatic amines is 1. The molecule has 0 saturated carbocycles. The Balaban J connectivity index is 1.90. The molecule has 1 aromatic heterocycles. The van der Waals surface area contributed by atoms with Crippen molar-refractivity contribution < 1.29 is 14.3 Å². The number of carbonyl (C=O) groups excluding carboxylic acids is 2. The van der Waals surface area contributed by atoms with E-state index in [1.54, 1.807) is 0 Å². The molecule has 24 heavy (non-hydrogen) atoms. The summed E-state index contributed by atoms with van der Waals surface area (Å²) in [5.74, 6) is -0.688.